The van der Waals surface area contributed by atoms with Crippen molar-refractivity contribution >= 4 is 5.91 Å². The second-order valence-electron chi connectivity index (χ2n) is 8.17. The van der Waals surface area contributed by atoms with Gasteiger partial charge in [0, 0.05) is 36.2 Å². The van der Waals surface area contributed by atoms with E-state index in [-0.39, 0.29) is 18.1 Å². The number of benzene rings is 1. The zero-order valence-corrected chi connectivity index (χ0v) is 16.1. The molecular weight excluding hydrogens is 354 g/mol. The first kappa shape index (κ1) is 17.7. The van der Waals surface area contributed by atoms with E-state index >= 15 is 0 Å². The fraction of sp³-hybridized carbons (Fsp3) is 0.545. The lowest BCUT2D eigenvalue weighted by Gasteiger charge is -2.34. The monoisotopic (exact) mass is 381 g/mol. The van der Waals surface area contributed by atoms with E-state index in [1.54, 1.807) is 0 Å². The zero-order valence-electron chi connectivity index (χ0n) is 16.1. The molecule has 0 radical (unpaired) electrons. The van der Waals surface area contributed by atoms with Gasteiger partial charge in [-0.15, -0.1) is 0 Å². The Morgan fingerprint density at radius 2 is 1.86 bits per heavy atom. The Balaban J connectivity index is 1.28. The Kier molecular flexibility index (Phi) is 4.81. The van der Waals surface area contributed by atoms with Gasteiger partial charge in [0.05, 0.1) is 19.4 Å². The van der Waals surface area contributed by atoms with Crippen LogP contribution in [-0.4, -0.2) is 52.4 Å². The number of aryl methyl sites for hydroxylation is 1. The van der Waals surface area contributed by atoms with Crippen molar-refractivity contribution in [3.05, 3.63) is 47.3 Å². The third-order valence-electron chi connectivity index (χ3n) is 6.13. The summed E-state index contributed by atoms with van der Waals surface area (Å²) in [7, 11) is 0. The number of nitrogens with one attached hydrogen (secondary N) is 1. The van der Waals surface area contributed by atoms with E-state index in [0.29, 0.717) is 6.04 Å². The summed E-state index contributed by atoms with van der Waals surface area (Å²) >= 11 is 0. The molecule has 1 unspecified atom stereocenters. The summed E-state index contributed by atoms with van der Waals surface area (Å²) in [5.41, 5.74) is 3.24. The Morgan fingerprint density at radius 3 is 2.61 bits per heavy atom. The molecule has 1 amide bonds. The first-order valence-electron chi connectivity index (χ1n) is 10.5. The number of carbonyl (C=O) groups excluding carboxylic acids is 1. The molecule has 2 aromatic rings. The van der Waals surface area contributed by atoms with Crippen LogP contribution in [0.4, 0.5) is 0 Å². The highest BCUT2D eigenvalue weighted by Crippen LogP contribution is 2.34. The number of ether oxygens (including phenoxy) is 2. The van der Waals surface area contributed by atoms with Gasteiger partial charge in [-0.05, 0) is 61.9 Å². The third kappa shape index (κ3) is 3.65. The van der Waals surface area contributed by atoms with Gasteiger partial charge < -0.3 is 14.4 Å². The average molecular weight is 381 g/mol. The fourth-order valence-corrected chi connectivity index (χ4v) is 4.43. The molecular formula is C22H27N3O3. The molecule has 1 aliphatic heterocycles. The van der Waals surface area contributed by atoms with E-state index in [0.717, 1.165) is 69.5 Å². The van der Waals surface area contributed by atoms with Gasteiger partial charge in [-0.1, -0.05) is 0 Å². The molecule has 1 aromatic heterocycles. The molecule has 0 spiro atoms. The molecule has 0 bridgehead atoms. The van der Waals surface area contributed by atoms with Gasteiger partial charge in [-0.25, -0.2) is 0 Å². The Bertz CT molecular complexity index is 822. The quantitative estimate of drug-likeness (QED) is 0.864. The molecule has 2 aliphatic carbocycles. The summed E-state index contributed by atoms with van der Waals surface area (Å²) < 4.78 is 11.4. The van der Waals surface area contributed by atoms with Crippen molar-refractivity contribution < 1.29 is 14.3 Å². The van der Waals surface area contributed by atoms with Crippen molar-refractivity contribution in [1.82, 2.24) is 15.1 Å². The lowest BCUT2D eigenvalue weighted by molar-refractivity contribution is 0.0255. The lowest BCUT2D eigenvalue weighted by Crippen LogP contribution is -2.44. The highest BCUT2D eigenvalue weighted by atomic mass is 16.5. The molecule has 6 nitrogen and oxygen atoms in total. The predicted molar refractivity (Wildman–Crippen MR) is 105 cm³/mol. The van der Waals surface area contributed by atoms with Gasteiger partial charge in [0.25, 0.3) is 5.91 Å². The van der Waals surface area contributed by atoms with Gasteiger partial charge >= 0.3 is 0 Å². The molecule has 2 fully saturated rings. The van der Waals surface area contributed by atoms with Crippen LogP contribution in [0.1, 0.15) is 53.7 Å². The number of hydrogen-bond donors (Lipinski definition) is 1. The van der Waals surface area contributed by atoms with Gasteiger partial charge in [0.2, 0.25) is 0 Å². The highest BCUT2D eigenvalue weighted by Gasteiger charge is 2.39. The predicted octanol–water partition coefficient (Wildman–Crippen LogP) is 3.13. The third-order valence-corrected chi connectivity index (χ3v) is 6.13. The standard InChI is InChI=1S/C22H27N3O3/c26-22(15-1-6-19(7-2-15)28-20-9-11-27-12-10-20)25(17-3-4-17)18-5-8-21-16(13-18)14-23-24-21/h1-2,6-7,14,17-18,20H,3-5,8-13H2,(H,23,24). The van der Waals surface area contributed by atoms with Crippen molar-refractivity contribution in [2.24, 2.45) is 0 Å². The van der Waals surface area contributed by atoms with Gasteiger partial charge in [0.1, 0.15) is 11.9 Å². The molecule has 6 heteroatoms. The second-order valence-corrected chi connectivity index (χ2v) is 8.17. The number of aromatic nitrogens is 2. The molecule has 148 valence electrons. The van der Waals surface area contributed by atoms with E-state index in [4.69, 9.17) is 9.47 Å². The SMILES string of the molecule is O=C(c1ccc(OC2CCOCC2)cc1)N(C1CC1)C1CCc2[nH]ncc2C1. The number of amides is 1. The van der Waals surface area contributed by atoms with Crippen molar-refractivity contribution in [2.45, 2.75) is 63.1 Å². The van der Waals surface area contributed by atoms with Crippen LogP contribution in [0.2, 0.25) is 0 Å². The molecule has 5 rings (SSSR count). The minimum absolute atomic E-state index is 0.150. The summed E-state index contributed by atoms with van der Waals surface area (Å²) in [5, 5.41) is 7.26. The summed E-state index contributed by atoms with van der Waals surface area (Å²) in [6.07, 6.45) is 9.08. The molecule has 2 heterocycles. The van der Waals surface area contributed by atoms with E-state index < -0.39 is 0 Å². The smallest absolute Gasteiger partial charge is 0.254 e. The van der Waals surface area contributed by atoms with Crippen LogP contribution in [0.15, 0.2) is 30.5 Å². The maximum Gasteiger partial charge on any atom is 0.254 e. The van der Waals surface area contributed by atoms with Crippen LogP contribution in [0.3, 0.4) is 0 Å². The van der Waals surface area contributed by atoms with E-state index in [9.17, 15) is 4.79 Å². The average Bonchev–Trinajstić information content (AvgIpc) is 3.45. The summed E-state index contributed by atoms with van der Waals surface area (Å²) in [6, 6.07) is 8.36. The Hall–Kier alpha value is -2.34. The van der Waals surface area contributed by atoms with Crippen molar-refractivity contribution in [2.75, 3.05) is 13.2 Å². The van der Waals surface area contributed by atoms with Crippen molar-refractivity contribution in [3.8, 4) is 5.75 Å². The number of carbonyl (C=O) groups is 1. The van der Waals surface area contributed by atoms with Crippen LogP contribution in [0.5, 0.6) is 5.75 Å². The minimum atomic E-state index is 0.150. The second kappa shape index (κ2) is 7.59. The molecule has 1 N–H and O–H groups in total. The molecule has 1 saturated carbocycles. The van der Waals surface area contributed by atoms with Crippen LogP contribution in [0, 0.1) is 0 Å². The van der Waals surface area contributed by atoms with Crippen LogP contribution in [0.25, 0.3) is 0 Å². The zero-order chi connectivity index (χ0) is 18.9. The van der Waals surface area contributed by atoms with Gasteiger partial charge in [-0.2, -0.15) is 5.10 Å². The summed E-state index contributed by atoms with van der Waals surface area (Å²) in [4.78, 5) is 15.5. The number of rotatable bonds is 5. The topological polar surface area (TPSA) is 67.5 Å². The van der Waals surface area contributed by atoms with Gasteiger partial charge in [0.15, 0.2) is 0 Å². The Labute approximate surface area is 165 Å². The molecule has 28 heavy (non-hydrogen) atoms. The largest absolute Gasteiger partial charge is 0.490 e. The molecule has 3 aliphatic rings. The molecule has 1 aromatic carbocycles. The van der Waals surface area contributed by atoms with Crippen molar-refractivity contribution in [1.29, 1.82) is 0 Å². The van der Waals surface area contributed by atoms with E-state index in [1.165, 1.54) is 11.3 Å². The van der Waals surface area contributed by atoms with Crippen molar-refractivity contribution in [3.63, 3.8) is 0 Å². The molecule has 1 atom stereocenters. The van der Waals surface area contributed by atoms with E-state index in [1.807, 2.05) is 30.5 Å². The summed E-state index contributed by atoms with van der Waals surface area (Å²) in [5.74, 6) is 0.985. The first-order valence-corrected chi connectivity index (χ1v) is 10.5. The minimum Gasteiger partial charge on any atom is -0.490 e. The number of hydrogen-bond acceptors (Lipinski definition) is 4. The highest BCUT2D eigenvalue weighted by molar-refractivity contribution is 5.95. The number of aromatic amines is 1. The van der Waals surface area contributed by atoms with Crippen LogP contribution >= 0.6 is 0 Å². The van der Waals surface area contributed by atoms with Crippen LogP contribution < -0.4 is 4.74 Å². The van der Waals surface area contributed by atoms with Crippen LogP contribution in [-0.2, 0) is 17.6 Å². The number of H-pyrrole nitrogens is 1. The lowest BCUT2D eigenvalue weighted by atomic mass is 9.92. The number of fused-ring (bicyclic) bond motifs is 1. The first-order chi connectivity index (χ1) is 13.8. The molecule has 1 saturated heterocycles. The maximum absolute atomic E-state index is 13.3. The normalized spacial score (nSPS) is 22.5. The fourth-order valence-electron chi connectivity index (χ4n) is 4.43. The number of nitrogens with zero attached hydrogens (tertiary/aromatic N) is 2. The Morgan fingerprint density at radius 1 is 1.07 bits per heavy atom. The maximum atomic E-state index is 13.3. The summed E-state index contributed by atoms with van der Waals surface area (Å²) in [6.45, 7) is 1.52. The van der Waals surface area contributed by atoms with Gasteiger partial charge in [-0.3, -0.25) is 9.89 Å². The van der Waals surface area contributed by atoms with E-state index in [2.05, 4.69) is 15.1 Å².